The predicted molar refractivity (Wildman–Crippen MR) is 88.3 cm³/mol. The van der Waals surface area contributed by atoms with Crippen molar-refractivity contribution in [1.82, 2.24) is 5.32 Å². The van der Waals surface area contributed by atoms with Crippen LogP contribution in [-0.2, 0) is 0 Å². The molecule has 0 aliphatic rings. The van der Waals surface area contributed by atoms with Crippen molar-refractivity contribution in [2.45, 2.75) is 19.0 Å². The molecule has 4 nitrogen and oxygen atoms in total. The number of benzene rings is 2. The molecule has 0 aromatic heterocycles. The molecule has 5 heteroatoms. The molecule has 2 aromatic carbocycles. The molecule has 0 spiro atoms. The third-order valence-corrected chi connectivity index (χ3v) is 3.39. The van der Waals surface area contributed by atoms with Gasteiger partial charge >= 0.3 is 0 Å². The fraction of sp³-hybridized carbons (Fsp3) is 0.235. The van der Waals surface area contributed by atoms with E-state index in [1.807, 2.05) is 31.2 Å². The van der Waals surface area contributed by atoms with E-state index in [0.717, 1.165) is 16.9 Å². The van der Waals surface area contributed by atoms with Crippen LogP contribution >= 0.6 is 12.4 Å². The summed E-state index contributed by atoms with van der Waals surface area (Å²) >= 11 is 0. The van der Waals surface area contributed by atoms with Crippen LogP contribution in [0.3, 0.4) is 0 Å². The zero-order valence-corrected chi connectivity index (χ0v) is 13.3. The van der Waals surface area contributed by atoms with Gasteiger partial charge < -0.3 is 9.84 Å². The summed E-state index contributed by atoms with van der Waals surface area (Å²) in [5, 5.41) is 21.9. The monoisotopic (exact) mass is 318 g/mol. The van der Waals surface area contributed by atoms with Gasteiger partial charge in [-0.1, -0.05) is 24.3 Å². The molecule has 0 aliphatic carbocycles. The number of nitrogens with one attached hydrogen (secondary N) is 1. The zero-order chi connectivity index (χ0) is 15.2. The number of phenolic OH excluding ortho intramolecular Hbond substituents is 1. The zero-order valence-electron chi connectivity index (χ0n) is 12.5. The van der Waals surface area contributed by atoms with E-state index in [4.69, 9.17) is 4.74 Å². The van der Waals surface area contributed by atoms with E-state index in [9.17, 15) is 10.4 Å². The summed E-state index contributed by atoms with van der Waals surface area (Å²) in [6.07, 6.45) is 0. The van der Waals surface area contributed by atoms with Crippen LogP contribution in [-0.4, -0.2) is 12.2 Å². The van der Waals surface area contributed by atoms with Crippen molar-refractivity contribution in [3.8, 4) is 17.6 Å². The average Bonchev–Trinajstić information content (AvgIpc) is 2.53. The van der Waals surface area contributed by atoms with Gasteiger partial charge in [-0.15, -0.1) is 12.4 Å². The van der Waals surface area contributed by atoms with Crippen molar-refractivity contribution >= 4 is 12.4 Å². The lowest BCUT2D eigenvalue weighted by molar-refractivity contribution is 0.414. The largest absolute Gasteiger partial charge is 0.508 e. The highest BCUT2D eigenvalue weighted by Gasteiger charge is 2.14. The molecule has 0 amide bonds. The number of hydrogen-bond acceptors (Lipinski definition) is 4. The minimum atomic E-state index is -0.428. The van der Waals surface area contributed by atoms with Crippen molar-refractivity contribution in [3.05, 3.63) is 59.7 Å². The molecule has 2 N–H and O–H groups in total. The van der Waals surface area contributed by atoms with Crippen LogP contribution in [0.5, 0.6) is 11.5 Å². The van der Waals surface area contributed by atoms with Gasteiger partial charge in [0.05, 0.1) is 13.2 Å². The summed E-state index contributed by atoms with van der Waals surface area (Å²) in [6, 6.07) is 16.2. The highest BCUT2D eigenvalue weighted by atomic mass is 35.5. The molecule has 0 heterocycles. The number of nitrogens with zero attached hydrogens (tertiary/aromatic N) is 1. The summed E-state index contributed by atoms with van der Waals surface area (Å²) in [5.41, 5.74) is 1.91. The molecule has 116 valence electrons. The third kappa shape index (κ3) is 4.39. The number of hydrogen-bond donors (Lipinski definition) is 2. The van der Waals surface area contributed by atoms with Crippen LogP contribution < -0.4 is 10.1 Å². The molecule has 0 radical (unpaired) electrons. The minimum Gasteiger partial charge on any atom is -0.508 e. The Kier molecular flexibility index (Phi) is 6.71. The second-order valence-corrected chi connectivity index (χ2v) is 4.82. The van der Waals surface area contributed by atoms with Gasteiger partial charge in [-0.2, -0.15) is 5.26 Å². The lowest BCUT2D eigenvalue weighted by atomic mass is 10.0. The first kappa shape index (κ1) is 17.8. The van der Waals surface area contributed by atoms with Crippen LogP contribution in [0.2, 0.25) is 0 Å². The van der Waals surface area contributed by atoms with Gasteiger partial charge in [-0.3, -0.25) is 5.32 Å². The highest BCUT2D eigenvalue weighted by molar-refractivity contribution is 5.85. The lowest BCUT2D eigenvalue weighted by Crippen LogP contribution is -2.23. The molecule has 2 atom stereocenters. The smallest absolute Gasteiger partial charge is 0.121 e. The second-order valence-electron chi connectivity index (χ2n) is 4.82. The van der Waals surface area contributed by atoms with E-state index in [1.54, 1.807) is 31.4 Å². The molecule has 0 fully saturated rings. The SMILES string of the molecule is COc1ccc([C@H](C)N[C@H](C#N)c2ccc(O)cc2)cc1.Cl. The van der Waals surface area contributed by atoms with Crippen LogP contribution in [0, 0.1) is 11.3 Å². The van der Waals surface area contributed by atoms with E-state index in [2.05, 4.69) is 11.4 Å². The third-order valence-electron chi connectivity index (χ3n) is 3.39. The van der Waals surface area contributed by atoms with Crippen molar-refractivity contribution in [2.24, 2.45) is 0 Å². The maximum atomic E-state index is 9.33. The molecule has 2 aromatic rings. The summed E-state index contributed by atoms with van der Waals surface area (Å²) in [5.74, 6) is 1.000. The molecule has 0 saturated heterocycles. The van der Waals surface area contributed by atoms with Gasteiger partial charge in [0, 0.05) is 6.04 Å². The van der Waals surface area contributed by atoms with Gasteiger partial charge in [-0.05, 0) is 42.3 Å². The summed E-state index contributed by atoms with van der Waals surface area (Å²) in [7, 11) is 1.63. The Morgan fingerprint density at radius 1 is 1.05 bits per heavy atom. The summed E-state index contributed by atoms with van der Waals surface area (Å²) in [6.45, 7) is 2.01. The van der Waals surface area contributed by atoms with Crippen LogP contribution in [0.25, 0.3) is 0 Å². The number of nitriles is 1. The molecule has 0 saturated carbocycles. The Morgan fingerprint density at radius 2 is 1.59 bits per heavy atom. The number of methoxy groups -OCH3 is 1. The molecule has 22 heavy (non-hydrogen) atoms. The summed E-state index contributed by atoms with van der Waals surface area (Å²) < 4.78 is 5.14. The minimum absolute atomic E-state index is 0. The quantitative estimate of drug-likeness (QED) is 0.881. The van der Waals surface area contributed by atoms with Gasteiger partial charge in [0.15, 0.2) is 0 Å². The van der Waals surface area contributed by atoms with Crippen LogP contribution in [0.15, 0.2) is 48.5 Å². The number of phenols is 1. The van der Waals surface area contributed by atoms with Gasteiger partial charge in [0.25, 0.3) is 0 Å². The molecular weight excluding hydrogens is 300 g/mol. The van der Waals surface area contributed by atoms with Gasteiger partial charge in [0.2, 0.25) is 0 Å². The predicted octanol–water partition coefficient (Wildman–Crippen LogP) is 3.74. The van der Waals surface area contributed by atoms with E-state index in [1.165, 1.54) is 0 Å². The first-order valence-corrected chi connectivity index (χ1v) is 6.72. The van der Waals surface area contributed by atoms with E-state index in [-0.39, 0.29) is 24.2 Å². The number of ether oxygens (including phenoxy) is 1. The molecular formula is C17H19ClN2O2. The second kappa shape index (κ2) is 8.28. The van der Waals surface area contributed by atoms with Crippen molar-refractivity contribution in [2.75, 3.05) is 7.11 Å². The molecule has 0 aliphatic heterocycles. The molecule has 0 bridgehead atoms. The first-order valence-electron chi connectivity index (χ1n) is 6.72. The number of rotatable bonds is 5. The Morgan fingerprint density at radius 3 is 2.09 bits per heavy atom. The number of aromatic hydroxyl groups is 1. The van der Waals surface area contributed by atoms with Crippen LogP contribution in [0.4, 0.5) is 0 Å². The average molecular weight is 319 g/mol. The van der Waals surface area contributed by atoms with Crippen molar-refractivity contribution in [1.29, 1.82) is 5.26 Å². The Balaban J connectivity index is 0.00000242. The summed E-state index contributed by atoms with van der Waals surface area (Å²) in [4.78, 5) is 0. The molecule has 0 unspecified atom stereocenters. The van der Waals surface area contributed by atoms with E-state index in [0.29, 0.717) is 0 Å². The topological polar surface area (TPSA) is 65.3 Å². The van der Waals surface area contributed by atoms with Crippen molar-refractivity contribution < 1.29 is 9.84 Å². The lowest BCUT2D eigenvalue weighted by Gasteiger charge is -2.19. The van der Waals surface area contributed by atoms with E-state index >= 15 is 0 Å². The van der Waals surface area contributed by atoms with E-state index < -0.39 is 6.04 Å². The van der Waals surface area contributed by atoms with Gasteiger partial charge in [0.1, 0.15) is 17.5 Å². The van der Waals surface area contributed by atoms with Gasteiger partial charge in [-0.25, -0.2) is 0 Å². The molecule has 2 rings (SSSR count). The van der Waals surface area contributed by atoms with Crippen molar-refractivity contribution in [3.63, 3.8) is 0 Å². The Hall–Kier alpha value is -2.22. The maximum absolute atomic E-state index is 9.33. The highest BCUT2D eigenvalue weighted by Crippen LogP contribution is 2.22. The fourth-order valence-corrected chi connectivity index (χ4v) is 2.11. The maximum Gasteiger partial charge on any atom is 0.121 e. The normalized spacial score (nSPS) is 12.6. The standard InChI is InChI=1S/C17H18N2O2.ClH/c1-12(13-5-9-16(21-2)10-6-13)19-17(11-18)14-3-7-15(20)8-4-14;/h3-10,12,17,19-20H,1-2H3;1H/t12-,17+;/m0./s1. The van der Waals surface area contributed by atoms with Crippen LogP contribution in [0.1, 0.15) is 30.1 Å². The Bertz CT molecular complexity index is 621. The Labute approximate surface area is 136 Å². The number of halogens is 1. The first-order chi connectivity index (χ1) is 10.1. The fourth-order valence-electron chi connectivity index (χ4n) is 2.11.